The van der Waals surface area contributed by atoms with Gasteiger partial charge in [-0.3, -0.25) is 4.90 Å². The average molecular weight is 355 g/mol. The van der Waals surface area contributed by atoms with Crippen LogP contribution in [0.15, 0.2) is 22.7 Å². The van der Waals surface area contributed by atoms with Crippen LogP contribution in [0.25, 0.3) is 0 Å². The molecule has 0 aromatic heterocycles. The molecule has 1 heterocycles. The second-order valence-electron chi connectivity index (χ2n) is 6.12. The fraction of sp³-hybridized carbons (Fsp3) is 0.625. The lowest BCUT2D eigenvalue weighted by molar-refractivity contribution is 0.229. The highest BCUT2D eigenvalue weighted by molar-refractivity contribution is 9.10. The Balaban J connectivity index is 1.99. The predicted molar refractivity (Wildman–Crippen MR) is 94.0 cm³/mol. The highest BCUT2D eigenvalue weighted by Gasteiger charge is 2.20. The summed E-state index contributed by atoms with van der Waals surface area (Å²) in [6.45, 7) is 8.75. The molecule has 2 N–H and O–H groups in total. The summed E-state index contributed by atoms with van der Waals surface area (Å²) in [6, 6.07) is 6.51. The van der Waals surface area contributed by atoms with Crippen molar-refractivity contribution in [3.8, 4) is 0 Å². The molecule has 1 aromatic rings. The zero-order valence-electron chi connectivity index (χ0n) is 13.3. The smallest absolute Gasteiger partial charge is 0.0416 e. The van der Waals surface area contributed by atoms with Crippen molar-refractivity contribution in [3.63, 3.8) is 0 Å². The second-order valence-corrected chi connectivity index (χ2v) is 7.04. The SMILES string of the molecule is CC(N)c1cc(Br)ccc1N1CCN(CCN(C)C)CC1. The first-order chi connectivity index (χ1) is 9.97. The van der Waals surface area contributed by atoms with Crippen LogP contribution in [-0.2, 0) is 0 Å². The number of piperazine rings is 1. The quantitative estimate of drug-likeness (QED) is 0.878. The van der Waals surface area contributed by atoms with Gasteiger partial charge < -0.3 is 15.5 Å². The average Bonchev–Trinajstić information content (AvgIpc) is 2.45. The zero-order valence-corrected chi connectivity index (χ0v) is 14.9. The molecule has 1 saturated heterocycles. The minimum absolute atomic E-state index is 0.0595. The van der Waals surface area contributed by atoms with Crippen molar-refractivity contribution in [2.45, 2.75) is 13.0 Å². The Bertz CT molecular complexity index is 454. The van der Waals surface area contributed by atoms with Crippen LogP contribution in [-0.4, -0.2) is 63.2 Å². The number of likely N-dealkylation sites (N-methyl/N-ethyl adjacent to an activating group) is 1. The van der Waals surface area contributed by atoms with Crippen molar-refractivity contribution < 1.29 is 0 Å². The van der Waals surface area contributed by atoms with E-state index in [-0.39, 0.29) is 6.04 Å². The number of hydrogen-bond donors (Lipinski definition) is 1. The molecule has 4 nitrogen and oxygen atoms in total. The van der Waals surface area contributed by atoms with Crippen molar-refractivity contribution in [1.82, 2.24) is 9.80 Å². The number of nitrogens with two attached hydrogens (primary N) is 1. The van der Waals surface area contributed by atoms with E-state index in [2.05, 4.69) is 69.8 Å². The minimum Gasteiger partial charge on any atom is -0.369 e. The minimum atomic E-state index is 0.0595. The fourth-order valence-corrected chi connectivity index (χ4v) is 3.11. The number of benzene rings is 1. The molecule has 1 fully saturated rings. The van der Waals surface area contributed by atoms with Gasteiger partial charge in [-0.05, 0) is 44.8 Å². The van der Waals surface area contributed by atoms with Crippen LogP contribution in [0.2, 0.25) is 0 Å². The predicted octanol–water partition coefficient (Wildman–Crippen LogP) is 2.15. The topological polar surface area (TPSA) is 35.7 Å². The van der Waals surface area contributed by atoms with Gasteiger partial charge in [0, 0.05) is 55.5 Å². The fourth-order valence-electron chi connectivity index (χ4n) is 2.73. The summed E-state index contributed by atoms with van der Waals surface area (Å²) in [6.07, 6.45) is 0. The summed E-state index contributed by atoms with van der Waals surface area (Å²) in [7, 11) is 4.26. The highest BCUT2D eigenvalue weighted by atomic mass is 79.9. The van der Waals surface area contributed by atoms with Crippen LogP contribution in [0.4, 0.5) is 5.69 Å². The molecule has 0 radical (unpaired) electrons. The molecule has 1 unspecified atom stereocenters. The third-order valence-corrected chi connectivity index (χ3v) is 4.55. The van der Waals surface area contributed by atoms with Crippen LogP contribution in [0.3, 0.4) is 0 Å². The van der Waals surface area contributed by atoms with Gasteiger partial charge in [0.15, 0.2) is 0 Å². The van der Waals surface area contributed by atoms with Gasteiger partial charge in [0.2, 0.25) is 0 Å². The summed E-state index contributed by atoms with van der Waals surface area (Å²) >= 11 is 3.55. The standard InChI is InChI=1S/C16H27BrN4/c1-13(18)15-12-14(17)4-5-16(15)21-10-8-20(9-11-21)7-6-19(2)3/h4-5,12-13H,6-11,18H2,1-3H3. The molecule has 1 aromatic carbocycles. The third kappa shape index (κ3) is 4.68. The summed E-state index contributed by atoms with van der Waals surface area (Å²) in [5.74, 6) is 0. The summed E-state index contributed by atoms with van der Waals surface area (Å²) in [5.41, 5.74) is 8.65. The number of anilines is 1. The van der Waals surface area contributed by atoms with E-state index in [4.69, 9.17) is 5.73 Å². The Morgan fingerprint density at radius 2 is 1.90 bits per heavy atom. The van der Waals surface area contributed by atoms with Crippen LogP contribution in [0.5, 0.6) is 0 Å². The molecule has 1 atom stereocenters. The van der Waals surface area contributed by atoms with E-state index in [1.807, 2.05) is 0 Å². The number of rotatable bonds is 5. The van der Waals surface area contributed by atoms with E-state index in [1.165, 1.54) is 11.3 Å². The summed E-state index contributed by atoms with van der Waals surface area (Å²) < 4.78 is 1.10. The van der Waals surface area contributed by atoms with Gasteiger partial charge in [-0.2, -0.15) is 0 Å². The first-order valence-corrected chi connectivity index (χ1v) is 8.43. The molecule has 0 saturated carbocycles. The van der Waals surface area contributed by atoms with Gasteiger partial charge >= 0.3 is 0 Å². The van der Waals surface area contributed by atoms with Crippen molar-refractivity contribution >= 4 is 21.6 Å². The molecule has 0 spiro atoms. The molecular weight excluding hydrogens is 328 g/mol. The Kier molecular flexibility index (Phi) is 6.05. The van der Waals surface area contributed by atoms with Crippen LogP contribution >= 0.6 is 15.9 Å². The second kappa shape index (κ2) is 7.58. The van der Waals surface area contributed by atoms with Crippen molar-refractivity contribution in [2.24, 2.45) is 5.73 Å². The van der Waals surface area contributed by atoms with E-state index < -0.39 is 0 Å². The van der Waals surface area contributed by atoms with E-state index in [0.29, 0.717) is 0 Å². The lowest BCUT2D eigenvalue weighted by Crippen LogP contribution is -2.48. The van der Waals surface area contributed by atoms with Crippen molar-refractivity contribution in [3.05, 3.63) is 28.2 Å². The van der Waals surface area contributed by atoms with Crippen molar-refractivity contribution in [1.29, 1.82) is 0 Å². The maximum Gasteiger partial charge on any atom is 0.0416 e. The summed E-state index contributed by atoms with van der Waals surface area (Å²) in [5, 5.41) is 0. The molecule has 1 aliphatic heterocycles. The van der Waals surface area contributed by atoms with E-state index >= 15 is 0 Å². The maximum atomic E-state index is 6.13. The molecule has 0 aliphatic carbocycles. The third-order valence-electron chi connectivity index (χ3n) is 4.06. The van der Waals surface area contributed by atoms with Crippen molar-refractivity contribution in [2.75, 3.05) is 58.3 Å². The molecule has 1 aliphatic rings. The van der Waals surface area contributed by atoms with Gasteiger partial charge in [-0.1, -0.05) is 15.9 Å². The normalized spacial score (nSPS) is 18.3. The molecule has 21 heavy (non-hydrogen) atoms. The van der Waals surface area contributed by atoms with Gasteiger partial charge in [0.05, 0.1) is 0 Å². The Labute approximate surface area is 137 Å². The first-order valence-electron chi connectivity index (χ1n) is 7.64. The number of hydrogen-bond acceptors (Lipinski definition) is 4. The van der Waals surface area contributed by atoms with Gasteiger partial charge in [0.25, 0.3) is 0 Å². The maximum absolute atomic E-state index is 6.13. The van der Waals surface area contributed by atoms with E-state index in [1.54, 1.807) is 0 Å². The van der Waals surface area contributed by atoms with Crippen LogP contribution < -0.4 is 10.6 Å². The molecule has 118 valence electrons. The Morgan fingerprint density at radius 1 is 1.24 bits per heavy atom. The van der Waals surface area contributed by atoms with Gasteiger partial charge in [-0.25, -0.2) is 0 Å². The van der Waals surface area contributed by atoms with E-state index in [0.717, 1.165) is 43.7 Å². The number of nitrogens with zero attached hydrogens (tertiary/aromatic N) is 3. The zero-order chi connectivity index (χ0) is 15.4. The Morgan fingerprint density at radius 3 is 2.48 bits per heavy atom. The van der Waals surface area contributed by atoms with Gasteiger partial charge in [0.1, 0.15) is 0 Å². The molecule has 5 heteroatoms. The Hall–Kier alpha value is -0.620. The van der Waals surface area contributed by atoms with Crippen LogP contribution in [0.1, 0.15) is 18.5 Å². The molecule has 0 bridgehead atoms. The molecular formula is C16H27BrN4. The van der Waals surface area contributed by atoms with Crippen LogP contribution in [0, 0.1) is 0 Å². The monoisotopic (exact) mass is 354 g/mol. The summed E-state index contributed by atoms with van der Waals surface area (Å²) in [4.78, 5) is 7.26. The molecule has 2 rings (SSSR count). The van der Waals surface area contributed by atoms with E-state index in [9.17, 15) is 0 Å². The number of halogens is 1. The lowest BCUT2D eigenvalue weighted by Gasteiger charge is -2.37. The first kappa shape index (κ1) is 16.7. The lowest BCUT2D eigenvalue weighted by atomic mass is 10.1. The molecule has 0 amide bonds. The largest absolute Gasteiger partial charge is 0.369 e. The highest BCUT2D eigenvalue weighted by Crippen LogP contribution is 2.29. The van der Waals surface area contributed by atoms with Gasteiger partial charge in [-0.15, -0.1) is 0 Å².